The molecule has 0 radical (unpaired) electrons. The van der Waals surface area contributed by atoms with Crippen molar-refractivity contribution < 1.29 is 4.79 Å². The number of benzene rings is 2. The Bertz CT molecular complexity index is 935. The predicted molar refractivity (Wildman–Crippen MR) is 118 cm³/mol. The largest absolute Gasteiger partial charge is 0.321 e. The summed E-state index contributed by atoms with van der Waals surface area (Å²) in [5, 5.41) is 0. The van der Waals surface area contributed by atoms with Gasteiger partial charge >= 0.3 is 0 Å². The zero-order valence-corrected chi connectivity index (χ0v) is 17.0. The average molecular weight is 375 g/mol. The summed E-state index contributed by atoms with van der Waals surface area (Å²) in [4.78, 5) is 17.5. The van der Waals surface area contributed by atoms with Gasteiger partial charge in [-0.05, 0) is 37.1 Å². The highest BCUT2D eigenvalue weighted by molar-refractivity contribution is 6.06. The minimum absolute atomic E-state index is 0.0391. The molecule has 0 spiro atoms. The number of ketones is 1. The number of allylic oxidation sites excluding steroid dienone is 1. The van der Waals surface area contributed by atoms with Crippen LogP contribution < -0.4 is 0 Å². The molecule has 0 aliphatic carbocycles. The molecule has 3 rings (SSSR count). The van der Waals surface area contributed by atoms with Crippen LogP contribution in [0.4, 0.5) is 0 Å². The summed E-state index contributed by atoms with van der Waals surface area (Å²) >= 11 is 0. The van der Waals surface area contributed by atoms with E-state index in [0.29, 0.717) is 5.82 Å². The summed E-state index contributed by atoms with van der Waals surface area (Å²) in [7, 11) is 0. The van der Waals surface area contributed by atoms with Gasteiger partial charge in [-0.2, -0.15) is 0 Å². The van der Waals surface area contributed by atoms with E-state index >= 15 is 0 Å². The molecule has 2 aromatic carbocycles. The van der Waals surface area contributed by atoms with Crippen LogP contribution in [0.2, 0.25) is 0 Å². The number of hydrogen-bond acceptors (Lipinski definition) is 2. The predicted octanol–water partition coefficient (Wildman–Crippen LogP) is 6.60. The number of para-hydroxylation sites is 2. The second-order valence-corrected chi connectivity index (χ2v) is 7.45. The lowest BCUT2D eigenvalue weighted by Gasteiger charge is -2.07. The number of nitrogens with zero attached hydrogens (tertiary/aromatic N) is 2. The molecular formula is C25H30N2O. The third-order valence-electron chi connectivity index (χ3n) is 5.11. The maximum Gasteiger partial charge on any atom is 0.221 e. The number of carbonyl (C=O) groups excluding carboxylic acids is 1. The van der Waals surface area contributed by atoms with Crippen LogP contribution in [-0.4, -0.2) is 15.3 Å². The van der Waals surface area contributed by atoms with Gasteiger partial charge in [-0.3, -0.25) is 4.79 Å². The first-order valence-corrected chi connectivity index (χ1v) is 10.4. The standard InChI is InChI=1S/C25H30N2O/c1-3-4-5-6-7-10-19-27-23-12-9-8-11-22(23)26-25(27)24(28)18-17-21-15-13-20(2)14-16-21/h8-9,11-18H,3-7,10,19H2,1-2H3/b18-17+. The Labute approximate surface area is 168 Å². The first-order valence-electron chi connectivity index (χ1n) is 10.4. The number of fused-ring (bicyclic) bond motifs is 1. The van der Waals surface area contributed by atoms with E-state index in [4.69, 9.17) is 0 Å². The lowest BCUT2D eigenvalue weighted by atomic mass is 10.1. The minimum Gasteiger partial charge on any atom is -0.321 e. The molecule has 3 nitrogen and oxygen atoms in total. The van der Waals surface area contributed by atoms with E-state index in [1.165, 1.54) is 37.7 Å². The SMILES string of the molecule is CCCCCCCCn1c(C(=O)/C=C/c2ccc(C)cc2)nc2ccccc21. The summed E-state index contributed by atoms with van der Waals surface area (Å²) in [6, 6.07) is 16.2. The van der Waals surface area contributed by atoms with E-state index in [0.717, 1.165) is 29.6 Å². The third-order valence-corrected chi connectivity index (χ3v) is 5.11. The smallest absolute Gasteiger partial charge is 0.221 e. The fraction of sp³-hybridized carbons (Fsp3) is 0.360. The van der Waals surface area contributed by atoms with Crippen molar-refractivity contribution >= 4 is 22.9 Å². The highest BCUT2D eigenvalue weighted by Crippen LogP contribution is 2.19. The van der Waals surface area contributed by atoms with Crippen molar-refractivity contribution in [2.75, 3.05) is 0 Å². The number of imidazole rings is 1. The maximum absolute atomic E-state index is 12.9. The Hall–Kier alpha value is -2.68. The Morgan fingerprint density at radius 2 is 1.68 bits per heavy atom. The van der Waals surface area contributed by atoms with Crippen LogP contribution in [0.15, 0.2) is 54.6 Å². The molecule has 0 bridgehead atoms. The highest BCUT2D eigenvalue weighted by Gasteiger charge is 2.15. The fourth-order valence-corrected chi connectivity index (χ4v) is 3.46. The molecule has 0 saturated heterocycles. The van der Waals surface area contributed by atoms with Gasteiger partial charge in [0.25, 0.3) is 0 Å². The van der Waals surface area contributed by atoms with Gasteiger partial charge in [0.05, 0.1) is 11.0 Å². The average Bonchev–Trinajstić information content (AvgIpc) is 3.09. The van der Waals surface area contributed by atoms with Gasteiger partial charge in [0.1, 0.15) is 0 Å². The van der Waals surface area contributed by atoms with Crippen molar-refractivity contribution in [1.82, 2.24) is 9.55 Å². The molecule has 3 aromatic rings. The van der Waals surface area contributed by atoms with Crippen molar-refractivity contribution in [3.8, 4) is 0 Å². The molecule has 0 aliphatic rings. The van der Waals surface area contributed by atoms with Crippen LogP contribution in [0.1, 0.15) is 67.2 Å². The summed E-state index contributed by atoms with van der Waals surface area (Å²) in [5.41, 5.74) is 4.17. The molecule has 0 fully saturated rings. The molecule has 0 aliphatic heterocycles. The van der Waals surface area contributed by atoms with Gasteiger partial charge in [-0.25, -0.2) is 4.98 Å². The summed E-state index contributed by atoms with van der Waals surface area (Å²) in [6.07, 6.45) is 10.9. The second-order valence-electron chi connectivity index (χ2n) is 7.45. The van der Waals surface area contributed by atoms with Crippen LogP contribution >= 0.6 is 0 Å². The zero-order chi connectivity index (χ0) is 19.8. The molecule has 0 N–H and O–H groups in total. The molecule has 28 heavy (non-hydrogen) atoms. The third kappa shape index (κ3) is 5.19. The van der Waals surface area contributed by atoms with Crippen molar-refractivity contribution in [2.24, 2.45) is 0 Å². The highest BCUT2D eigenvalue weighted by atomic mass is 16.1. The number of hydrogen-bond donors (Lipinski definition) is 0. The van der Waals surface area contributed by atoms with Crippen LogP contribution in [-0.2, 0) is 6.54 Å². The van der Waals surface area contributed by atoms with Gasteiger partial charge in [0, 0.05) is 6.54 Å². The summed E-state index contributed by atoms with van der Waals surface area (Å²) < 4.78 is 2.09. The number of rotatable bonds is 10. The van der Waals surface area contributed by atoms with Crippen molar-refractivity contribution in [3.63, 3.8) is 0 Å². The van der Waals surface area contributed by atoms with E-state index in [1.807, 2.05) is 36.4 Å². The van der Waals surface area contributed by atoms with Crippen LogP contribution in [0.25, 0.3) is 17.1 Å². The van der Waals surface area contributed by atoms with Gasteiger partial charge in [-0.1, -0.05) is 87.1 Å². The van der Waals surface area contributed by atoms with Crippen molar-refractivity contribution in [3.05, 3.63) is 71.6 Å². The Kier molecular flexibility index (Phi) is 7.18. The summed E-state index contributed by atoms with van der Waals surface area (Å²) in [6.45, 7) is 5.13. The normalized spacial score (nSPS) is 11.5. The van der Waals surface area contributed by atoms with Crippen LogP contribution in [0, 0.1) is 6.92 Å². The van der Waals surface area contributed by atoms with E-state index in [-0.39, 0.29) is 5.78 Å². The molecule has 0 saturated carbocycles. The van der Waals surface area contributed by atoms with Gasteiger partial charge in [-0.15, -0.1) is 0 Å². The minimum atomic E-state index is -0.0391. The Morgan fingerprint density at radius 3 is 2.46 bits per heavy atom. The number of aryl methyl sites for hydroxylation is 2. The van der Waals surface area contributed by atoms with Crippen molar-refractivity contribution in [2.45, 2.75) is 58.9 Å². The van der Waals surface area contributed by atoms with Crippen LogP contribution in [0.5, 0.6) is 0 Å². The topological polar surface area (TPSA) is 34.9 Å². The van der Waals surface area contributed by atoms with E-state index in [9.17, 15) is 4.79 Å². The number of aromatic nitrogens is 2. The molecule has 146 valence electrons. The van der Waals surface area contributed by atoms with E-state index < -0.39 is 0 Å². The van der Waals surface area contributed by atoms with Crippen molar-refractivity contribution in [1.29, 1.82) is 0 Å². The molecule has 3 heteroatoms. The van der Waals surface area contributed by atoms with Gasteiger partial charge in [0.15, 0.2) is 5.82 Å². The molecule has 1 heterocycles. The number of unbranched alkanes of at least 4 members (excludes halogenated alkanes) is 5. The first kappa shape index (κ1) is 20.1. The molecular weight excluding hydrogens is 344 g/mol. The maximum atomic E-state index is 12.9. The zero-order valence-electron chi connectivity index (χ0n) is 17.0. The molecule has 0 atom stereocenters. The van der Waals surface area contributed by atoms with Gasteiger partial charge in [0.2, 0.25) is 5.78 Å². The Morgan fingerprint density at radius 1 is 0.964 bits per heavy atom. The summed E-state index contributed by atoms with van der Waals surface area (Å²) in [5.74, 6) is 0.501. The lowest BCUT2D eigenvalue weighted by molar-refractivity contribution is 0.103. The number of carbonyl (C=O) groups is 1. The monoisotopic (exact) mass is 374 g/mol. The lowest BCUT2D eigenvalue weighted by Crippen LogP contribution is -2.09. The van der Waals surface area contributed by atoms with E-state index in [1.54, 1.807) is 6.08 Å². The molecule has 1 aromatic heterocycles. The molecule has 0 unspecified atom stereocenters. The fourth-order valence-electron chi connectivity index (χ4n) is 3.46. The molecule has 0 amide bonds. The first-order chi connectivity index (χ1) is 13.7. The Balaban J connectivity index is 1.75. The quantitative estimate of drug-likeness (QED) is 0.228. The van der Waals surface area contributed by atoms with Gasteiger partial charge < -0.3 is 4.57 Å². The van der Waals surface area contributed by atoms with E-state index in [2.05, 4.69) is 41.6 Å². The van der Waals surface area contributed by atoms with Crippen LogP contribution in [0.3, 0.4) is 0 Å². The second kappa shape index (κ2) is 10.0.